The van der Waals surface area contributed by atoms with Gasteiger partial charge in [0.25, 0.3) is 5.91 Å². The molecule has 1 aliphatic rings. The van der Waals surface area contributed by atoms with Gasteiger partial charge in [0.05, 0.1) is 19.9 Å². The lowest BCUT2D eigenvalue weighted by atomic mass is 10.2. The second-order valence-electron chi connectivity index (χ2n) is 5.86. The monoisotopic (exact) mass is 368 g/mol. The number of nitrogens with one attached hydrogen (secondary N) is 1. The molecule has 0 fully saturated rings. The van der Waals surface area contributed by atoms with Gasteiger partial charge in [0.15, 0.2) is 18.1 Å². The number of fused-ring (bicyclic) bond motifs is 1. The van der Waals surface area contributed by atoms with E-state index in [4.69, 9.17) is 14.2 Å². The molecule has 0 aromatic heterocycles. The van der Waals surface area contributed by atoms with Crippen LogP contribution in [0.3, 0.4) is 0 Å². The number of methoxy groups -OCH3 is 2. The van der Waals surface area contributed by atoms with Crippen LogP contribution in [0.2, 0.25) is 0 Å². The standard InChI is InChI=1S/C20H20N2O5/c1-22-15-7-6-14(11-17(15)27-12-20(22)24)21-19(23)9-5-13-4-8-16(25-2)18(10-13)26-3/h4-11H,12H2,1-3H3,(H,21,23)/b9-5+. The summed E-state index contributed by atoms with van der Waals surface area (Å²) in [4.78, 5) is 25.3. The van der Waals surface area contributed by atoms with Crippen LogP contribution in [0.15, 0.2) is 42.5 Å². The second-order valence-corrected chi connectivity index (χ2v) is 5.86. The van der Waals surface area contributed by atoms with E-state index in [-0.39, 0.29) is 18.4 Å². The van der Waals surface area contributed by atoms with Crippen molar-refractivity contribution in [3.05, 3.63) is 48.0 Å². The van der Waals surface area contributed by atoms with Crippen molar-refractivity contribution in [1.82, 2.24) is 0 Å². The SMILES string of the molecule is COc1ccc(/C=C/C(=O)Nc2ccc3c(c2)OCC(=O)N3C)cc1OC. The highest BCUT2D eigenvalue weighted by atomic mass is 16.5. The lowest BCUT2D eigenvalue weighted by Crippen LogP contribution is -2.35. The van der Waals surface area contributed by atoms with E-state index in [2.05, 4.69) is 5.32 Å². The summed E-state index contributed by atoms with van der Waals surface area (Å²) in [5.74, 6) is 1.36. The summed E-state index contributed by atoms with van der Waals surface area (Å²) >= 11 is 0. The Kier molecular flexibility index (Phi) is 5.30. The molecule has 2 aromatic rings. The largest absolute Gasteiger partial charge is 0.493 e. The number of likely N-dealkylation sites (N-methyl/N-ethyl adjacent to an activating group) is 1. The quantitative estimate of drug-likeness (QED) is 0.821. The Labute approximate surface area is 157 Å². The van der Waals surface area contributed by atoms with Gasteiger partial charge in [0.2, 0.25) is 5.91 Å². The molecule has 0 bridgehead atoms. The highest BCUT2D eigenvalue weighted by molar-refractivity contribution is 6.03. The molecule has 7 nitrogen and oxygen atoms in total. The van der Waals surface area contributed by atoms with Crippen LogP contribution >= 0.6 is 0 Å². The summed E-state index contributed by atoms with van der Waals surface area (Å²) in [6.45, 7) is -0.0138. The Hall–Kier alpha value is -3.48. The highest BCUT2D eigenvalue weighted by Gasteiger charge is 2.22. The fraction of sp³-hybridized carbons (Fsp3) is 0.200. The van der Waals surface area contributed by atoms with Gasteiger partial charge in [0, 0.05) is 24.9 Å². The maximum Gasteiger partial charge on any atom is 0.264 e. The number of ether oxygens (including phenoxy) is 3. The summed E-state index contributed by atoms with van der Waals surface area (Å²) in [5, 5.41) is 2.77. The Balaban J connectivity index is 1.69. The van der Waals surface area contributed by atoms with Crippen molar-refractivity contribution in [2.45, 2.75) is 0 Å². The topological polar surface area (TPSA) is 77.1 Å². The first-order valence-electron chi connectivity index (χ1n) is 8.26. The molecule has 3 rings (SSSR count). The molecule has 27 heavy (non-hydrogen) atoms. The lowest BCUT2D eigenvalue weighted by molar-refractivity contribution is -0.121. The zero-order chi connectivity index (χ0) is 19.4. The summed E-state index contributed by atoms with van der Waals surface area (Å²) < 4.78 is 15.9. The fourth-order valence-electron chi connectivity index (χ4n) is 2.67. The molecule has 0 radical (unpaired) electrons. The number of rotatable bonds is 5. The van der Waals surface area contributed by atoms with Crippen molar-refractivity contribution < 1.29 is 23.8 Å². The van der Waals surface area contributed by atoms with Crippen LogP contribution in [-0.4, -0.2) is 39.7 Å². The molecule has 1 aliphatic heterocycles. The maximum absolute atomic E-state index is 12.2. The van der Waals surface area contributed by atoms with Gasteiger partial charge in [0.1, 0.15) is 5.75 Å². The average Bonchev–Trinajstić information content (AvgIpc) is 2.69. The first kappa shape index (κ1) is 18.3. The van der Waals surface area contributed by atoms with E-state index in [9.17, 15) is 9.59 Å². The van der Waals surface area contributed by atoms with Gasteiger partial charge < -0.3 is 24.4 Å². The van der Waals surface area contributed by atoms with Crippen LogP contribution in [0, 0.1) is 0 Å². The van der Waals surface area contributed by atoms with Crippen LogP contribution < -0.4 is 24.4 Å². The molecule has 140 valence electrons. The van der Waals surface area contributed by atoms with Crippen molar-refractivity contribution in [2.24, 2.45) is 0 Å². The Morgan fingerprint density at radius 1 is 1.15 bits per heavy atom. The summed E-state index contributed by atoms with van der Waals surface area (Å²) in [5.41, 5.74) is 2.06. The van der Waals surface area contributed by atoms with Gasteiger partial charge in [-0.3, -0.25) is 9.59 Å². The molecular weight excluding hydrogens is 348 g/mol. The Morgan fingerprint density at radius 2 is 1.93 bits per heavy atom. The molecule has 0 atom stereocenters. The zero-order valence-electron chi connectivity index (χ0n) is 15.3. The molecule has 0 spiro atoms. The molecule has 2 aromatic carbocycles. The molecule has 1 heterocycles. The number of benzene rings is 2. The summed E-state index contributed by atoms with van der Waals surface area (Å²) in [6.07, 6.45) is 3.11. The van der Waals surface area contributed by atoms with Crippen molar-refractivity contribution in [1.29, 1.82) is 0 Å². The minimum atomic E-state index is -0.287. The molecule has 2 amide bonds. The molecule has 1 N–H and O–H groups in total. The van der Waals surface area contributed by atoms with E-state index in [0.717, 1.165) is 5.56 Å². The number of anilines is 2. The lowest BCUT2D eigenvalue weighted by Gasteiger charge is -2.26. The van der Waals surface area contributed by atoms with Crippen LogP contribution in [0.1, 0.15) is 5.56 Å². The normalized spacial score (nSPS) is 13.1. The molecule has 0 saturated carbocycles. The van der Waals surface area contributed by atoms with Gasteiger partial charge in [-0.1, -0.05) is 6.07 Å². The minimum Gasteiger partial charge on any atom is -0.493 e. The average molecular weight is 368 g/mol. The van der Waals surface area contributed by atoms with Gasteiger partial charge in [-0.05, 0) is 35.9 Å². The van der Waals surface area contributed by atoms with Crippen LogP contribution in [0.5, 0.6) is 17.2 Å². The van der Waals surface area contributed by atoms with Gasteiger partial charge in [-0.15, -0.1) is 0 Å². The molecule has 0 unspecified atom stereocenters. The molecular formula is C20H20N2O5. The smallest absolute Gasteiger partial charge is 0.264 e. The minimum absolute atomic E-state index is 0.0138. The third kappa shape index (κ3) is 4.03. The first-order chi connectivity index (χ1) is 13.0. The number of carbonyl (C=O) groups is 2. The molecule has 0 saturated heterocycles. The van der Waals surface area contributed by atoms with E-state index in [1.54, 1.807) is 57.7 Å². The van der Waals surface area contributed by atoms with Crippen LogP contribution in [0.25, 0.3) is 6.08 Å². The summed E-state index contributed by atoms with van der Waals surface area (Å²) in [6, 6.07) is 10.5. The van der Waals surface area contributed by atoms with Gasteiger partial charge in [-0.25, -0.2) is 0 Å². The zero-order valence-corrected chi connectivity index (χ0v) is 15.3. The van der Waals surface area contributed by atoms with E-state index in [0.29, 0.717) is 28.6 Å². The number of amides is 2. The second kappa shape index (κ2) is 7.82. The predicted octanol–water partition coefficient (Wildman–Crippen LogP) is 2.71. The fourth-order valence-corrected chi connectivity index (χ4v) is 2.67. The first-order valence-corrected chi connectivity index (χ1v) is 8.26. The Morgan fingerprint density at radius 3 is 2.67 bits per heavy atom. The Bertz CT molecular complexity index is 907. The highest BCUT2D eigenvalue weighted by Crippen LogP contribution is 2.33. The third-order valence-corrected chi connectivity index (χ3v) is 4.15. The third-order valence-electron chi connectivity index (χ3n) is 4.15. The van der Waals surface area contributed by atoms with E-state index < -0.39 is 0 Å². The summed E-state index contributed by atoms with van der Waals surface area (Å²) in [7, 11) is 4.81. The van der Waals surface area contributed by atoms with Crippen molar-refractivity contribution >= 4 is 29.3 Å². The van der Waals surface area contributed by atoms with Crippen molar-refractivity contribution in [3.63, 3.8) is 0 Å². The van der Waals surface area contributed by atoms with E-state index >= 15 is 0 Å². The van der Waals surface area contributed by atoms with Crippen LogP contribution in [-0.2, 0) is 9.59 Å². The number of nitrogens with zero attached hydrogens (tertiary/aromatic N) is 1. The van der Waals surface area contributed by atoms with Crippen molar-refractivity contribution in [3.8, 4) is 17.2 Å². The van der Waals surface area contributed by atoms with Gasteiger partial charge >= 0.3 is 0 Å². The van der Waals surface area contributed by atoms with E-state index in [1.165, 1.54) is 11.0 Å². The van der Waals surface area contributed by atoms with Crippen LogP contribution in [0.4, 0.5) is 11.4 Å². The number of hydrogen-bond acceptors (Lipinski definition) is 5. The molecule has 0 aliphatic carbocycles. The van der Waals surface area contributed by atoms with Gasteiger partial charge in [-0.2, -0.15) is 0 Å². The maximum atomic E-state index is 12.2. The number of carbonyl (C=O) groups excluding carboxylic acids is 2. The number of hydrogen-bond donors (Lipinski definition) is 1. The van der Waals surface area contributed by atoms with Crippen molar-refractivity contribution in [2.75, 3.05) is 38.1 Å². The predicted molar refractivity (Wildman–Crippen MR) is 103 cm³/mol. The van der Waals surface area contributed by atoms with E-state index in [1.807, 2.05) is 6.07 Å². The molecule has 7 heteroatoms.